The lowest BCUT2D eigenvalue weighted by molar-refractivity contribution is -0.162. The highest BCUT2D eigenvalue weighted by Crippen LogP contribution is 2.65. The van der Waals surface area contributed by atoms with Crippen LogP contribution in [0.3, 0.4) is 0 Å². The molecule has 0 bridgehead atoms. The van der Waals surface area contributed by atoms with Crippen molar-refractivity contribution in [2.24, 2.45) is 11.3 Å². The number of hydrogen-bond donors (Lipinski definition) is 0. The van der Waals surface area contributed by atoms with Gasteiger partial charge in [-0.2, -0.15) is 0 Å². The molecule has 0 aliphatic heterocycles. The molecule has 0 unspecified atom stereocenters. The summed E-state index contributed by atoms with van der Waals surface area (Å²) in [5.74, 6) is -1.31. The van der Waals surface area contributed by atoms with E-state index in [9.17, 15) is 9.59 Å². The second kappa shape index (κ2) is 4.44. The summed E-state index contributed by atoms with van der Waals surface area (Å²) in [7, 11) is 2.58. The lowest BCUT2D eigenvalue weighted by atomic mass is 9.99. The quantitative estimate of drug-likeness (QED) is 0.604. The fraction of sp³-hybridized carbons (Fsp3) is 0.429. The molecule has 2 atom stereocenters. The van der Waals surface area contributed by atoms with Crippen molar-refractivity contribution in [1.29, 1.82) is 0 Å². The van der Waals surface area contributed by atoms with Crippen molar-refractivity contribution in [3.8, 4) is 0 Å². The van der Waals surface area contributed by atoms with Crippen molar-refractivity contribution >= 4 is 11.9 Å². The van der Waals surface area contributed by atoms with Gasteiger partial charge in [0.1, 0.15) is 0 Å². The minimum Gasteiger partial charge on any atom is -0.468 e. The molecule has 0 aromatic heterocycles. The summed E-state index contributed by atoms with van der Waals surface area (Å²) in [6.07, 6.45) is 0. The number of rotatable bonds is 3. The molecule has 1 aromatic carbocycles. The Bertz CT molecular complexity index is 450. The highest BCUT2D eigenvalue weighted by molar-refractivity contribution is 6.05. The van der Waals surface area contributed by atoms with E-state index in [1.807, 2.05) is 37.3 Å². The molecular weight excluding hydrogens is 232 g/mol. The normalized spacial score (nSPS) is 24.2. The molecule has 4 nitrogen and oxygen atoms in total. The van der Waals surface area contributed by atoms with E-state index in [2.05, 4.69) is 0 Å². The SMILES string of the molecule is COC(=O)C1(C(=O)OC)[C@H](C)[C@@H]1c1ccccc1. The van der Waals surface area contributed by atoms with Crippen molar-refractivity contribution in [1.82, 2.24) is 0 Å². The third-order valence-corrected chi connectivity index (χ3v) is 3.80. The van der Waals surface area contributed by atoms with Gasteiger partial charge in [-0.1, -0.05) is 37.3 Å². The topological polar surface area (TPSA) is 52.6 Å². The Morgan fingerprint density at radius 3 is 2.00 bits per heavy atom. The molecule has 1 saturated carbocycles. The Morgan fingerprint density at radius 1 is 1.06 bits per heavy atom. The lowest BCUT2D eigenvalue weighted by Crippen LogP contribution is -2.31. The van der Waals surface area contributed by atoms with E-state index >= 15 is 0 Å². The van der Waals surface area contributed by atoms with Crippen LogP contribution in [0.5, 0.6) is 0 Å². The molecular formula is C14H16O4. The molecule has 1 aromatic rings. The Morgan fingerprint density at radius 2 is 1.56 bits per heavy atom. The van der Waals surface area contributed by atoms with E-state index in [0.29, 0.717) is 0 Å². The number of carbonyl (C=O) groups excluding carboxylic acids is 2. The van der Waals surface area contributed by atoms with Crippen molar-refractivity contribution in [2.45, 2.75) is 12.8 Å². The molecule has 0 saturated heterocycles. The van der Waals surface area contributed by atoms with E-state index < -0.39 is 17.4 Å². The number of methoxy groups -OCH3 is 2. The maximum absolute atomic E-state index is 12.0. The second-order valence-electron chi connectivity index (χ2n) is 4.53. The van der Waals surface area contributed by atoms with Gasteiger partial charge in [-0.3, -0.25) is 9.59 Å². The van der Waals surface area contributed by atoms with Gasteiger partial charge in [0.25, 0.3) is 0 Å². The van der Waals surface area contributed by atoms with Crippen LogP contribution in [-0.4, -0.2) is 26.2 Å². The maximum Gasteiger partial charge on any atom is 0.324 e. The molecule has 0 N–H and O–H groups in total. The Labute approximate surface area is 106 Å². The zero-order valence-corrected chi connectivity index (χ0v) is 10.7. The molecule has 4 heteroatoms. The zero-order valence-electron chi connectivity index (χ0n) is 10.7. The van der Waals surface area contributed by atoms with Crippen molar-refractivity contribution in [3.05, 3.63) is 35.9 Å². The molecule has 1 fully saturated rings. The summed E-state index contributed by atoms with van der Waals surface area (Å²) >= 11 is 0. The summed E-state index contributed by atoms with van der Waals surface area (Å²) in [6, 6.07) is 9.50. The third-order valence-electron chi connectivity index (χ3n) is 3.80. The number of ether oxygens (including phenoxy) is 2. The first kappa shape index (κ1) is 12.6. The standard InChI is InChI=1S/C14H16O4/c1-9-11(10-7-5-4-6-8-10)14(9,12(15)17-2)13(16)18-3/h4-9,11H,1-3H3/t9-,11-/m1/s1. The van der Waals surface area contributed by atoms with E-state index in [4.69, 9.17) is 9.47 Å². The van der Waals surface area contributed by atoms with Gasteiger partial charge < -0.3 is 9.47 Å². The van der Waals surface area contributed by atoms with Gasteiger partial charge in [0.05, 0.1) is 14.2 Å². The van der Waals surface area contributed by atoms with Crippen LogP contribution < -0.4 is 0 Å². The number of hydrogen-bond acceptors (Lipinski definition) is 4. The van der Waals surface area contributed by atoms with Crippen LogP contribution in [0.1, 0.15) is 18.4 Å². The average Bonchev–Trinajstić information content (AvgIpc) is 3.05. The summed E-state index contributed by atoms with van der Waals surface area (Å²) < 4.78 is 9.57. The highest BCUT2D eigenvalue weighted by atomic mass is 16.5. The largest absolute Gasteiger partial charge is 0.468 e. The minimum atomic E-state index is -1.18. The molecule has 96 valence electrons. The van der Waals surface area contributed by atoms with Gasteiger partial charge in [0.15, 0.2) is 5.41 Å². The van der Waals surface area contributed by atoms with Gasteiger partial charge in [0, 0.05) is 5.92 Å². The van der Waals surface area contributed by atoms with Crippen LogP contribution >= 0.6 is 0 Å². The van der Waals surface area contributed by atoms with Gasteiger partial charge in [-0.15, -0.1) is 0 Å². The first-order valence-electron chi connectivity index (χ1n) is 5.82. The summed E-state index contributed by atoms with van der Waals surface area (Å²) in [5.41, 5.74) is -0.217. The Balaban J connectivity index is 2.40. The van der Waals surface area contributed by atoms with Gasteiger partial charge in [-0.05, 0) is 11.5 Å². The van der Waals surface area contributed by atoms with Crippen LogP contribution in [0, 0.1) is 11.3 Å². The Hall–Kier alpha value is -1.84. The first-order valence-corrected chi connectivity index (χ1v) is 5.82. The second-order valence-corrected chi connectivity index (χ2v) is 4.53. The average molecular weight is 248 g/mol. The van der Waals surface area contributed by atoms with Gasteiger partial charge in [-0.25, -0.2) is 0 Å². The van der Waals surface area contributed by atoms with Crippen LogP contribution in [0.4, 0.5) is 0 Å². The smallest absolute Gasteiger partial charge is 0.324 e. The number of esters is 2. The zero-order chi connectivity index (χ0) is 13.3. The summed E-state index contributed by atoms with van der Waals surface area (Å²) in [6.45, 7) is 1.87. The fourth-order valence-corrected chi connectivity index (χ4v) is 2.82. The first-order chi connectivity index (χ1) is 8.60. The van der Waals surface area contributed by atoms with Crippen LogP contribution in [0.15, 0.2) is 30.3 Å². The lowest BCUT2D eigenvalue weighted by Gasteiger charge is -2.12. The molecule has 0 heterocycles. The summed E-state index contributed by atoms with van der Waals surface area (Å²) in [5, 5.41) is 0. The predicted octanol–water partition coefficient (Wildman–Crippen LogP) is 1.75. The van der Waals surface area contributed by atoms with Crippen LogP contribution in [-0.2, 0) is 19.1 Å². The third kappa shape index (κ3) is 1.52. The molecule has 0 spiro atoms. The van der Waals surface area contributed by atoms with Gasteiger partial charge >= 0.3 is 11.9 Å². The highest BCUT2D eigenvalue weighted by Gasteiger charge is 2.74. The van der Waals surface area contributed by atoms with Crippen molar-refractivity contribution < 1.29 is 19.1 Å². The fourth-order valence-electron chi connectivity index (χ4n) is 2.82. The predicted molar refractivity (Wildman–Crippen MR) is 64.8 cm³/mol. The van der Waals surface area contributed by atoms with Gasteiger partial charge in [0.2, 0.25) is 0 Å². The molecule has 1 aliphatic rings. The number of carbonyl (C=O) groups is 2. The summed E-state index contributed by atoms with van der Waals surface area (Å²) in [4.78, 5) is 23.9. The maximum atomic E-state index is 12.0. The van der Waals surface area contributed by atoms with Crippen LogP contribution in [0.25, 0.3) is 0 Å². The van der Waals surface area contributed by atoms with Crippen LogP contribution in [0.2, 0.25) is 0 Å². The van der Waals surface area contributed by atoms with Crippen molar-refractivity contribution in [3.63, 3.8) is 0 Å². The molecule has 2 rings (SSSR count). The molecule has 18 heavy (non-hydrogen) atoms. The molecule has 1 aliphatic carbocycles. The molecule has 0 radical (unpaired) electrons. The van der Waals surface area contributed by atoms with E-state index in [1.165, 1.54) is 14.2 Å². The van der Waals surface area contributed by atoms with E-state index in [-0.39, 0.29) is 11.8 Å². The van der Waals surface area contributed by atoms with E-state index in [0.717, 1.165) is 5.56 Å². The molecule has 0 amide bonds. The van der Waals surface area contributed by atoms with Crippen molar-refractivity contribution in [2.75, 3.05) is 14.2 Å². The Kier molecular flexibility index (Phi) is 3.11. The number of benzene rings is 1. The minimum absolute atomic E-state index is 0.111. The van der Waals surface area contributed by atoms with E-state index in [1.54, 1.807) is 0 Å². The monoisotopic (exact) mass is 248 g/mol.